The third kappa shape index (κ3) is 2.03. The molecule has 3 heteroatoms. The fourth-order valence-corrected chi connectivity index (χ4v) is 1.58. The highest BCUT2D eigenvalue weighted by Gasteiger charge is 2.37. The number of aldehydes is 1. The van der Waals surface area contributed by atoms with Crippen molar-refractivity contribution in [2.24, 2.45) is 0 Å². The molecule has 1 fully saturated rings. The van der Waals surface area contributed by atoms with Crippen molar-refractivity contribution in [3.8, 4) is 0 Å². The van der Waals surface area contributed by atoms with Gasteiger partial charge < -0.3 is 4.74 Å². The molecule has 72 valence electrons. The van der Waals surface area contributed by atoms with Gasteiger partial charge in [0.25, 0.3) is 0 Å². The molecule has 1 heterocycles. The van der Waals surface area contributed by atoms with E-state index in [1.54, 1.807) is 6.08 Å². The van der Waals surface area contributed by atoms with E-state index in [-0.39, 0.29) is 12.2 Å². The van der Waals surface area contributed by atoms with E-state index < -0.39 is 0 Å². The smallest absolute Gasteiger partial charge is 0.142 e. The van der Waals surface area contributed by atoms with Crippen LogP contribution in [0.1, 0.15) is 11.7 Å². The highest BCUT2D eigenvalue weighted by atomic mass is 35.5. The maximum atomic E-state index is 10.1. The van der Waals surface area contributed by atoms with Crippen molar-refractivity contribution in [1.29, 1.82) is 0 Å². The van der Waals surface area contributed by atoms with Crippen LogP contribution in [0, 0.1) is 0 Å². The summed E-state index contributed by atoms with van der Waals surface area (Å²) in [5, 5.41) is 0.705. The first-order chi connectivity index (χ1) is 6.81. The van der Waals surface area contributed by atoms with Crippen LogP contribution in [0.15, 0.2) is 36.4 Å². The SMILES string of the molecule is O=CC=C[C@H]1O[C@@H]1c1cccc(Cl)c1. The lowest BCUT2D eigenvalue weighted by molar-refractivity contribution is -0.104. The van der Waals surface area contributed by atoms with Crippen LogP contribution >= 0.6 is 11.6 Å². The Balaban J connectivity index is 2.05. The van der Waals surface area contributed by atoms with Crippen molar-refractivity contribution in [3.63, 3.8) is 0 Å². The van der Waals surface area contributed by atoms with E-state index in [4.69, 9.17) is 16.3 Å². The van der Waals surface area contributed by atoms with Gasteiger partial charge in [-0.3, -0.25) is 4.79 Å². The Morgan fingerprint density at radius 2 is 2.29 bits per heavy atom. The van der Waals surface area contributed by atoms with E-state index in [9.17, 15) is 4.79 Å². The topological polar surface area (TPSA) is 29.6 Å². The lowest BCUT2D eigenvalue weighted by Crippen LogP contribution is -1.84. The first-order valence-electron chi connectivity index (χ1n) is 4.34. The van der Waals surface area contributed by atoms with Gasteiger partial charge in [0.15, 0.2) is 0 Å². The van der Waals surface area contributed by atoms with E-state index in [1.807, 2.05) is 24.3 Å². The number of hydrogen-bond acceptors (Lipinski definition) is 2. The number of carbonyl (C=O) groups excluding carboxylic acids is 1. The summed E-state index contributed by atoms with van der Waals surface area (Å²) >= 11 is 5.84. The zero-order valence-electron chi connectivity index (χ0n) is 7.39. The van der Waals surface area contributed by atoms with Crippen LogP contribution in [0.25, 0.3) is 0 Å². The van der Waals surface area contributed by atoms with E-state index in [0.717, 1.165) is 11.8 Å². The average molecular weight is 209 g/mol. The number of rotatable bonds is 3. The molecular weight excluding hydrogens is 200 g/mol. The molecule has 1 aromatic carbocycles. The van der Waals surface area contributed by atoms with Gasteiger partial charge in [-0.2, -0.15) is 0 Å². The first-order valence-corrected chi connectivity index (χ1v) is 4.72. The molecule has 0 radical (unpaired) electrons. The van der Waals surface area contributed by atoms with Crippen LogP contribution in [-0.2, 0) is 9.53 Å². The number of ether oxygens (including phenoxy) is 1. The number of epoxide rings is 1. The quantitative estimate of drug-likeness (QED) is 0.434. The molecule has 1 aliphatic heterocycles. The van der Waals surface area contributed by atoms with E-state index in [0.29, 0.717) is 5.02 Å². The summed E-state index contributed by atoms with van der Waals surface area (Å²) in [6, 6.07) is 7.55. The number of carbonyl (C=O) groups is 1. The molecule has 0 N–H and O–H groups in total. The second-order valence-corrected chi connectivity index (χ2v) is 3.53. The summed E-state index contributed by atoms with van der Waals surface area (Å²) in [6.07, 6.45) is 4.04. The molecule has 1 aromatic rings. The molecule has 2 nitrogen and oxygen atoms in total. The zero-order valence-corrected chi connectivity index (χ0v) is 8.15. The van der Waals surface area contributed by atoms with Gasteiger partial charge in [-0.15, -0.1) is 0 Å². The number of hydrogen-bond donors (Lipinski definition) is 0. The third-order valence-electron chi connectivity index (χ3n) is 2.08. The molecule has 1 saturated heterocycles. The van der Waals surface area contributed by atoms with Gasteiger partial charge in [-0.05, 0) is 29.8 Å². The van der Waals surface area contributed by atoms with Crippen molar-refractivity contribution in [2.75, 3.05) is 0 Å². The number of allylic oxidation sites excluding steroid dienone is 1. The largest absolute Gasteiger partial charge is 0.360 e. The van der Waals surface area contributed by atoms with Crippen LogP contribution in [0.4, 0.5) is 0 Å². The molecule has 0 aromatic heterocycles. The van der Waals surface area contributed by atoms with Crippen molar-refractivity contribution >= 4 is 17.9 Å². The Kier molecular flexibility index (Phi) is 2.66. The zero-order chi connectivity index (χ0) is 9.97. The minimum absolute atomic E-state index is 0.0265. The summed E-state index contributed by atoms with van der Waals surface area (Å²) < 4.78 is 5.36. The minimum Gasteiger partial charge on any atom is -0.360 e. The molecule has 2 atom stereocenters. The van der Waals surface area contributed by atoms with Crippen molar-refractivity contribution in [1.82, 2.24) is 0 Å². The molecule has 0 bridgehead atoms. The molecule has 0 spiro atoms. The van der Waals surface area contributed by atoms with Gasteiger partial charge >= 0.3 is 0 Å². The summed E-state index contributed by atoms with van der Waals surface area (Å²) in [6.45, 7) is 0. The van der Waals surface area contributed by atoms with Crippen LogP contribution < -0.4 is 0 Å². The second-order valence-electron chi connectivity index (χ2n) is 3.10. The average Bonchev–Trinajstić information content (AvgIpc) is 2.94. The van der Waals surface area contributed by atoms with Crippen molar-refractivity contribution in [2.45, 2.75) is 12.2 Å². The Bertz CT molecular complexity index is 373. The number of benzene rings is 1. The summed E-state index contributed by atoms with van der Waals surface area (Å²) in [5.41, 5.74) is 1.05. The predicted molar refractivity (Wildman–Crippen MR) is 54.3 cm³/mol. The normalized spacial score (nSPS) is 25.2. The van der Waals surface area contributed by atoms with Gasteiger partial charge in [0, 0.05) is 5.02 Å². The molecule has 0 unspecified atom stereocenters. The molecule has 2 rings (SSSR count). The van der Waals surface area contributed by atoms with Crippen molar-refractivity contribution < 1.29 is 9.53 Å². The van der Waals surface area contributed by atoms with Crippen molar-refractivity contribution in [3.05, 3.63) is 47.0 Å². The van der Waals surface area contributed by atoms with Gasteiger partial charge in [0.1, 0.15) is 18.5 Å². The Morgan fingerprint density at radius 3 is 3.00 bits per heavy atom. The standard InChI is InChI=1S/C11H9ClO2/c12-9-4-1-3-8(7-9)11-10(14-11)5-2-6-13/h1-7,10-11H/t10-,11-/m1/s1. The van der Waals surface area contributed by atoms with Crippen LogP contribution in [0.5, 0.6) is 0 Å². The van der Waals surface area contributed by atoms with Gasteiger partial charge in [0.2, 0.25) is 0 Å². The number of halogens is 1. The van der Waals surface area contributed by atoms with Gasteiger partial charge in [-0.1, -0.05) is 23.7 Å². The molecule has 0 amide bonds. The fraction of sp³-hybridized carbons (Fsp3) is 0.182. The highest BCUT2D eigenvalue weighted by molar-refractivity contribution is 6.30. The lowest BCUT2D eigenvalue weighted by Gasteiger charge is -1.94. The fourth-order valence-electron chi connectivity index (χ4n) is 1.38. The molecular formula is C11H9ClO2. The van der Waals surface area contributed by atoms with Gasteiger partial charge in [0.05, 0.1) is 0 Å². The van der Waals surface area contributed by atoms with Crippen LogP contribution in [-0.4, -0.2) is 12.4 Å². The molecule has 0 saturated carbocycles. The second kappa shape index (κ2) is 3.95. The van der Waals surface area contributed by atoms with Gasteiger partial charge in [-0.25, -0.2) is 0 Å². The third-order valence-corrected chi connectivity index (χ3v) is 2.32. The molecule has 1 aliphatic rings. The van der Waals surface area contributed by atoms with Crippen LogP contribution in [0.3, 0.4) is 0 Å². The van der Waals surface area contributed by atoms with Crippen LogP contribution in [0.2, 0.25) is 5.02 Å². The maximum absolute atomic E-state index is 10.1. The van der Waals surface area contributed by atoms with E-state index in [1.165, 1.54) is 6.08 Å². The Morgan fingerprint density at radius 1 is 1.43 bits per heavy atom. The first kappa shape index (κ1) is 9.44. The maximum Gasteiger partial charge on any atom is 0.142 e. The summed E-state index contributed by atoms with van der Waals surface area (Å²) in [7, 11) is 0. The highest BCUT2D eigenvalue weighted by Crippen LogP contribution is 2.39. The summed E-state index contributed by atoms with van der Waals surface area (Å²) in [4.78, 5) is 10.1. The Labute approximate surface area is 87.1 Å². The Hall–Kier alpha value is -1.12. The predicted octanol–water partition coefficient (Wildman–Crippen LogP) is 2.54. The minimum atomic E-state index is 0.0265. The molecule has 0 aliphatic carbocycles. The summed E-state index contributed by atoms with van der Waals surface area (Å²) in [5.74, 6) is 0. The lowest BCUT2D eigenvalue weighted by atomic mass is 10.1. The van der Waals surface area contributed by atoms with E-state index >= 15 is 0 Å². The van der Waals surface area contributed by atoms with E-state index in [2.05, 4.69) is 0 Å². The monoisotopic (exact) mass is 208 g/mol. The molecule has 14 heavy (non-hydrogen) atoms.